The molecule has 78 valence electrons. The predicted octanol–water partition coefficient (Wildman–Crippen LogP) is 1.59. The SMILES string of the molecule is CC1(C)C2CCC1(CN1CO1)C(=O)C2. The summed E-state index contributed by atoms with van der Waals surface area (Å²) in [6, 6.07) is 0. The minimum atomic E-state index is -0.0891. The highest BCUT2D eigenvalue weighted by Gasteiger charge is 2.65. The molecule has 0 aromatic heterocycles. The van der Waals surface area contributed by atoms with Gasteiger partial charge in [-0.3, -0.25) is 9.63 Å². The Labute approximate surface area is 84.4 Å². The normalized spacial score (nSPS) is 48.6. The van der Waals surface area contributed by atoms with E-state index in [-0.39, 0.29) is 10.8 Å². The second-order valence-corrected chi connectivity index (χ2v) is 5.56. The molecule has 3 fully saturated rings. The molecule has 2 aliphatic carbocycles. The number of fused-ring (bicyclic) bond motifs is 2. The van der Waals surface area contributed by atoms with Crippen LogP contribution in [0.3, 0.4) is 0 Å². The van der Waals surface area contributed by atoms with Crippen LogP contribution in [-0.2, 0) is 9.63 Å². The fraction of sp³-hybridized carbons (Fsp3) is 0.909. The molecule has 1 heterocycles. The molecule has 3 heteroatoms. The van der Waals surface area contributed by atoms with Gasteiger partial charge < -0.3 is 0 Å². The summed E-state index contributed by atoms with van der Waals surface area (Å²) in [6.07, 6.45) is 3.11. The van der Waals surface area contributed by atoms with Crippen LogP contribution < -0.4 is 0 Å². The fourth-order valence-electron chi connectivity index (χ4n) is 3.57. The molecule has 3 atom stereocenters. The molecule has 1 aliphatic heterocycles. The molecular formula is C11H17NO2. The Bertz CT molecular complexity index is 296. The lowest BCUT2D eigenvalue weighted by Gasteiger charge is -2.36. The van der Waals surface area contributed by atoms with Gasteiger partial charge in [0.05, 0.1) is 0 Å². The Hall–Kier alpha value is -0.410. The van der Waals surface area contributed by atoms with Gasteiger partial charge in [0.25, 0.3) is 0 Å². The Morgan fingerprint density at radius 2 is 2.29 bits per heavy atom. The molecule has 3 aliphatic rings. The monoisotopic (exact) mass is 195 g/mol. The zero-order valence-electron chi connectivity index (χ0n) is 8.88. The largest absolute Gasteiger partial charge is 0.299 e. The number of hydrogen-bond acceptors (Lipinski definition) is 3. The Kier molecular flexibility index (Phi) is 1.51. The van der Waals surface area contributed by atoms with Crippen LogP contribution in [0.4, 0.5) is 0 Å². The first-order valence-electron chi connectivity index (χ1n) is 5.47. The highest BCUT2D eigenvalue weighted by atomic mass is 16.8. The molecular weight excluding hydrogens is 178 g/mol. The Morgan fingerprint density at radius 1 is 1.57 bits per heavy atom. The third kappa shape index (κ3) is 0.873. The standard InChI is InChI=1S/C11H17NO2/c1-10(2)8-3-4-11(10,9(13)5-8)6-12-7-14-12/h8H,3-7H2,1-2H3. The van der Waals surface area contributed by atoms with Gasteiger partial charge in [-0.25, -0.2) is 0 Å². The molecule has 0 amide bonds. The van der Waals surface area contributed by atoms with Crippen molar-refractivity contribution in [3.05, 3.63) is 0 Å². The lowest BCUT2D eigenvalue weighted by atomic mass is 9.69. The predicted molar refractivity (Wildman–Crippen MR) is 51.2 cm³/mol. The van der Waals surface area contributed by atoms with E-state index in [2.05, 4.69) is 13.8 Å². The van der Waals surface area contributed by atoms with Crippen LogP contribution in [-0.4, -0.2) is 24.1 Å². The summed E-state index contributed by atoms with van der Waals surface area (Å²) in [5, 5.41) is 1.92. The van der Waals surface area contributed by atoms with Crippen molar-refractivity contribution in [1.29, 1.82) is 0 Å². The zero-order chi connectivity index (χ0) is 9.97. The number of hydroxylamine groups is 2. The number of hydrogen-bond donors (Lipinski definition) is 0. The maximum absolute atomic E-state index is 12.1. The van der Waals surface area contributed by atoms with E-state index in [1.807, 2.05) is 5.06 Å². The molecule has 3 unspecified atom stereocenters. The number of ketones is 1. The summed E-state index contributed by atoms with van der Waals surface area (Å²) in [4.78, 5) is 17.2. The van der Waals surface area contributed by atoms with Gasteiger partial charge in [-0.1, -0.05) is 13.8 Å². The van der Waals surface area contributed by atoms with Gasteiger partial charge in [-0.15, -0.1) is 0 Å². The zero-order valence-corrected chi connectivity index (χ0v) is 8.88. The first-order chi connectivity index (χ1) is 6.56. The smallest absolute Gasteiger partial charge is 0.144 e. The van der Waals surface area contributed by atoms with Crippen LogP contribution >= 0.6 is 0 Å². The highest BCUT2D eigenvalue weighted by molar-refractivity contribution is 5.90. The average Bonchev–Trinajstić information content (AvgIpc) is 2.85. The summed E-state index contributed by atoms with van der Waals surface area (Å²) in [7, 11) is 0. The van der Waals surface area contributed by atoms with Crippen molar-refractivity contribution in [2.45, 2.75) is 33.1 Å². The van der Waals surface area contributed by atoms with E-state index >= 15 is 0 Å². The van der Waals surface area contributed by atoms with Crippen molar-refractivity contribution in [2.24, 2.45) is 16.7 Å². The van der Waals surface area contributed by atoms with Crippen LogP contribution in [0.2, 0.25) is 0 Å². The third-order valence-electron chi connectivity index (χ3n) is 4.90. The molecule has 2 bridgehead atoms. The number of rotatable bonds is 2. The molecule has 0 N–H and O–H groups in total. The molecule has 0 spiro atoms. The summed E-state index contributed by atoms with van der Waals surface area (Å²) >= 11 is 0. The summed E-state index contributed by atoms with van der Waals surface area (Å²) in [5.74, 6) is 1.10. The van der Waals surface area contributed by atoms with Crippen LogP contribution in [0.15, 0.2) is 0 Å². The summed E-state index contributed by atoms with van der Waals surface area (Å²) < 4.78 is 0. The second kappa shape index (κ2) is 2.39. The Balaban J connectivity index is 1.96. The van der Waals surface area contributed by atoms with Crippen LogP contribution in [0.25, 0.3) is 0 Å². The van der Waals surface area contributed by atoms with Gasteiger partial charge in [-0.05, 0) is 24.2 Å². The molecule has 0 radical (unpaired) electrons. The van der Waals surface area contributed by atoms with Crippen molar-refractivity contribution in [3.63, 3.8) is 0 Å². The molecule has 3 nitrogen and oxygen atoms in total. The average molecular weight is 195 g/mol. The van der Waals surface area contributed by atoms with E-state index in [0.717, 1.165) is 26.1 Å². The second-order valence-electron chi connectivity index (χ2n) is 5.56. The van der Waals surface area contributed by atoms with E-state index in [4.69, 9.17) is 4.84 Å². The third-order valence-corrected chi connectivity index (χ3v) is 4.90. The molecule has 0 aromatic carbocycles. The Morgan fingerprint density at radius 3 is 2.71 bits per heavy atom. The maximum atomic E-state index is 12.1. The lowest BCUT2D eigenvalue weighted by molar-refractivity contribution is -0.131. The summed E-state index contributed by atoms with van der Waals surface area (Å²) in [6.45, 7) is 6.07. The van der Waals surface area contributed by atoms with Gasteiger partial charge >= 0.3 is 0 Å². The van der Waals surface area contributed by atoms with Crippen molar-refractivity contribution < 1.29 is 9.63 Å². The molecule has 1 saturated heterocycles. The number of Topliss-reactive ketones (excluding diaryl/α,β-unsaturated/α-hetero) is 1. The number of carbonyl (C=O) groups excluding carboxylic acids is 1. The molecule has 14 heavy (non-hydrogen) atoms. The van der Waals surface area contributed by atoms with Crippen molar-refractivity contribution in [1.82, 2.24) is 5.06 Å². The van der Waals surface area contributed by atoms with Gasteiger partial charge in [0.1, 0.15) is 12.5 Å². The van der Waals surface area contributed by atoms with Crippen LogP contribution in [0.1, 0.15) is 33.1 Å². The maximum Gasteiger partial charge on any atom is 0.144 e. The van der Waals surface area contributed by atoms with E-state index in [9.17, 15) is 4.79 Å². The highest BCUT2D eigenvalue weighted by Crippen LogP contribution is 2.64. The van der Waals surface area contributed by atoms with Gasteiger partial charge in [0, 0.05) is 18.4 Å². The van der Waals surface area contributed by atoms with Gasteiger partial charge in [0.2, 0.25) is 0 Å². The lowest BCUT2D eigenvalue weighted by Crippen LogP contribution is -2.41. The van der Waals surface area contributed by atoms with Gasteiger partial charge in [0.15, 0.2) is 0 Å². The summed E-state index contributed by atoms with van der Waals surface area (Å²) in [5.41, 5.74) is 0.101. The molecule has 3 rings (SSSR count). The molecule has 0 aromatic rings. The van der Waals surface area contributed by atoms with Crippen LogP contribution in [0.5, 0.6) is 0 Å². The van der Waals surface area contributed by atoms with E-state index in [1.54, 1.807) is 0 Å². The molecule has 2 saturated carbocycles. The minimum Gasteiger partial charge on any atom is -0.299 e. The van der Waals surface area contributed by atoms with E-state index in [1.165, 1.54) is 6.42 Å². The van der Waals surface area contributed by atoms with Crippen LogP contribution in [0, 0.1) is 16.7 Å². The van der Waals surface area contributed by atoms with Crippen molar-refractivity contribution >= 4 is 5.78 Å². The quantitative estimate of drug-likeness (QED) is 0.627. The fourth-order valence-corrected chi connectivity index (χ4v) is 3.57. The number of nitrogens with zero attached hydrogens (tertiary/aromatic N) is 1. The topological polar surface area (TPSA) is 32.6 Å². The van der Waals surface area contributed by atoms with Crippen molar-refractivity contribution in [2.75, 3.05) is 13.3 Å². The number of carbonyl (C=O) groups is 1. The van der Waals surface area contributed by atoms with E-state index in [0.29, 0.717) is 11.7 Å². The van der Waals surface area contributed by atoms with Gasteiger partial charge in [-0.2, -0.15) is 5.06 Å². The van der Waals surface area contributed by atoms with E-state index < -0.39 is 0 Å². The first kappa shape index (κ1) is 8.86. The van der Waals surface area contributed by atoms with Crippen molar-refractivity contribution in [3.8, 4) is 0 Å². The first-order valence-corrected chi connectivity index (χ1v) is 5.47. The minimum absolute atomic E-state index is 0.0891.